The fraction of sp³-hybridized carbons (Fsp3) is 0.250. The van der Waals surface area contributed by atoms with Crippen molar-refractivity contribution in [2.75, 3.05) is 12.4 Å². The SMILES string of the molecule is C=CCn1c(SCC(=O)c2ccc(C)s2)nnc1[C@H]1COc2ccccc2O1. The molecule has 0 fully saturated rings. The van der Waals surface area contributed by atoms with Crippen LogP contribution in [-0.2, 0) is 6.54 Å². The minimum atomic E-state index is -0.368. The van der Waals surface area contributed by atoms with Crippen molar-refractivity contribution in [1.29, 1.82) is 0 Å². The second-order valence-electron chi connectivity index (χ2n) is 6.23. The summed E-state index contributed by atoms with van der Waals surface area (Å²) in [4.78, 5) is 14.3. The van der Waals surface area contributed by atoms with Crippen LogP contribution in [-0.4, -0.2) is 32.9 Å². The third kappa shape index (κ3) is 3.83. The Bertz CT molecular complexity index is 1010. The summed E-state index contributed by atoms with van der Waals surface area (Å²) in [6.07, 6.45) is 1.41. The first kappa shape index (κ1) is 18.8. The molecule has 3 heterocycles. The highest BCUT2D eigenvalue weighted by molar-refractivity contribution is 7.99. The van der Waals surface area contributed by atoms with Crippen LogP contribution in [0.2, 0.25) is 0 Å². The predicted molar refractivity (Wildman–Crippen MR) is 110 cm³/mol. The number of fused-ring (bicyclic) bond motifs is 1. The largest absolute Gasteiger partial charge is 0.485 e. The summed E-state index contributed by atoms with van der Waals surface area (Å²) >= 11 is 2.88. The number of hydrogen-bond acceptors (Lipinski definition) is 7. The summed E-state index contributed by atoms with van der Waals surface area (Å²) in [5, 5.41) is 9.26. The zero-order valence-electron chi connectivity index (χ0n) is 15.3. The number of Topliss-reactive ketones (excluding diaryl/α,β-unsaturated/α-hetero) is 1. The first-order chi connectivity index (χ1) is 13.7. The van der Waals surface area contributed by atoms with Gasteiger partial charge in [0.05, 0.1) is 10.6 Å². The molecule has 28 heavy (non-hydrogen) atoms. The standard InChI is InChI=1S/C20H19N3O3S2/c1-3-10-23-19(17-11-25-15-6-4-5-7-16(15)26-17)21-22-20(23)27-12-14(24)18-9-8-13(2)28-18/h3-9,17H,1,10-12H2,2H3/t17-/m1/s1. The van der Waals surface area contributed by atoms with E-state index in [2.05, 4.69) is 16.8 Å². The lowest BCUT2D eigenvalue weighted by Gasteiger charge is -2.26. The molecular formula is C20H19N3O3S2. The molecular weight excluding hydrogens is 394 g/mol. The molecule has 1 aliphatic rings. The Labute approximate surface area is 171 Å². The number of ether oxygens (including phenoxy) is 2. The Hall–Kier alpha value is -2.58. The van der Waals surface area contributed by atoms with E-state index in [-0.39, 0.29) is 11.9 Å². The Kier molecular flexibility index (Phi) is 5.50. The van der Waals surface area contributed by atoms with Crippen LogP contribution in [0.15, 0.2) is 54.2 Å². The molecule has 6 nitrogen and oxygen atoms in total. The van der Waals surface area contributed by atoms with E-state index < -0.39 is 0 Å². The number of rotatable bonds is 7. The Balaban J connectivity index is 1.51. The molecule has 2 aromatic heterocycles. The number of allylic oxidation sites excluding steroid dienone is 1. The van der Waals surface area contributed by atoms with E-state index in [1.807, 2.05) is 47.9 Å². The molecule has 8 heteroatoms. The monoisotopic (exact) mass is 413 g/mol. The lowest BCUT2D eigenvalue weighted by atomic mass is 10.2. The van der Waals surface area contributed by atoms with Gasteiger partial charge < -0.3 is 9.47 Å². The second kappa shape index (κ2) is 8.20. The molecule has 4 rings (SSSR count). The van der Waals surface area contributed by atoms with Crippen molar-refractivity contribution in [3.05, 3.63) is 64.6 Å². The van der Waals surface area contributed by atoms with Crippen molar-refractivity contribution in [1.82, 2.24) is 14.8 Å². The summed E-state index contributed by atoms with van der Waals surface area (Å²) in [5.41, 5.74) is 0. The Morgan fingerprint density at radius 3 is 2.89 bits per heavy atom. The summed E-state index contributed by atoms with van der Waals surface area (Å²) in [7, 11) is 0. The molecule has 0 bridgehead atoms. The molecule has 0 amide bonds. The first-order valence-electron chi connectivity index (χ1n) is 8.80. The van der Waals surface area contributed by atoms with Crippen LogP contribution in [0, 0.1) is 6.92 Å². The number of thiophene rings is 1. The minimum absolute atomic E-state index is 0.0870. The van der Waals surface area contributed by atoms with Gasteiger partial charge in [0.1, 0.15) is 6.61 Å². The maximum Gasteiger partial charge on any atom is 0.192 e. The van der Waals surface area contributed by atoms with Crippen molar-refractivity contribution in [2.45, 2.75) is 24.7 Å². The highest BCUT2D eigenvalue weighted by Crippen LogP contribution is 2.36. The molecule has 0 aliphatic carbocycles. The lowest BCUT2D eigenvalue weighted by Crippen LogP contribution is -2.25. The van der Waals surface area contributed by atoms with E-state index in [1.165, 1.54) is 23.1 Å². The van der Waals surface area contributed by atoms with Crippen molar-refractivity contribution in [3.63, 3.8) is 0 Å². The number of carbonyl (C=O) groups excluding carboxylic acids is 1. The lowest BCUT2D eigenvalue weighted by molar-refractivity contribution is 0.0821. The van der Waals surface area contributed by atoms with Crippen LogP contribution in [0.1, 0.15) is 26.5 Å². The van der Waals surface area contributed by atoms with Gasteiger partial charge in [-0.1, -0.05) is 30.0 Å². The normalized spacial score (nSPS) is 15.4. The van der Waals surface area contributed by atoms with Crippen LogP contribution in [0.4, 0.5) is 0 Å². The summed E-state index contributed by atoms with van der Waals surface area (Å²) in [6, 6.07) is 11.4. The number of carbonyl (C=O) groups is 1. The van der Waals surface area contributed by atoms with E-state index in [0.29, 0.717) is 35.6 Å². The molecule has 3 aromatic rings. The van der Waals surface area contributed by atoms with Crippen LogP contribution in [0.3, 0.4) is 0 Å². The number of thioether (sulfide) groups is 1. The fourth-order valence-electron chi connectivity index (χ4n) is 2.88. The Morgan fingerprint density at radius 1 is 1.32 bits per heavy atom. The van der Waals surface area contributed by atoms with Crippen molar-refractivity contribution < 1.29 is 14.3 Å². The van der Waals surface area contributed by atoms with Gasteiger partial charge in [0.25, 0.3) is 0 Å². The average Bonchev–Trinajstić information content (AvgIpc) is 3.32. The number of aromatic nitrogens is 3. The van der Waals surface area contributed by atoms with Crippen molar-refractivity contribution in [2.24, 2.45) is 0 Å². The highest BCUT2D eigenvalue weighted by atomic mass is 32.2. The Morgan fingerprint density at radius 2 is 2.14 bits per heavy atom. The molecule has 0 saturated carbocycles. The third-order valence-electron chi connectivity index (χ3n) is 4.20. The number of benzene rings is 1. The van der Waals surface area contributed by atoms with Crippen LogP contribution in [0.25, 0.3) is 0 Å². The van der Waals surface area contributed by atoms with E-state index in [0.717, 1.165) is 15.5 Å². The molecule has 1 aliphatic heterocycles. The van der Waals surface area contributed by atoms with Gasteiger partial charge >= 0.3 is 0 Å². The number of nitrogens with zero attached hydrogens (tertiary/aromatic N) is 3. The third-order valence-corrected chi connectivity index (χ3v) is 6.21. The van der Waals surface area contributed by atoms with Gasteiger partial charge in [-0.3, -0.25) is 9.36 Å². The molecule has 0 spiro atoms. The van der Waals surface area contributed by atoms with Crippen molar-refractivity contribution >= 4 is 28.9 Å². The number of ketones is 1. The number of aryl methyl sites for hydroxylation is 1. The zero-order chi connectivity index (χ0) is 19.5. The summed E-state index contributed by atoms with van der Waals surface area (Å²) in [6.45, 7) is 6.69. The number of para-hydroxylation sites is 2. The van der Waals surface area contributed by atoms with Crippen LogP contribution >= 0.6 is 23.1 Å². The summed E-state index contributed by atoms with van der Waals surface area (Å²) in [5.74, 6) is 2.46. The van der Waals surface area contributed by atoms with E-state index in [1.54, 1.807) is 6.08 Å². The zero-order valence-corrected chi connectivity index (χ0v) is 17.0. The summed E-state index contributed by atoms with van der Waals surface area (Å²) < 4.78 is 13.8. The highest BCUT2D eigenvalue weighted by Gasteiger charge is 2.28. The molecule has 1 aromatic carbocycles. The minimum Gasteiger partial charge on any atom is -0.485 e. The second-order valence-corrected chi connectivity index (χ2v) is 8.46. The van der Waals surface area contributed by atoms with Crippen LogP contribution < -0.4 is 9.47 Å². The van der Waals surface area contributed by atoms with Crippen molar-refractivity contribution in [3.8, 4) is 11.5 Å². The quantitative estimate of drug-likeness (QED) is 0.326. The van der Waals surface area contributed by atoms with Gasteiger partial charge in [0.2, 0.25) is 0 Å². The topological polar surface area (TPSA) is 66.2 Å². The maximum atomic E-state index is 12.4. The van der Waals surface area contributed by atoms with Gasteiger partial charge in [-0.05, 0) is 31.2 Å². The van der Waals surface area contributed by atoms with Gasteiger partial charge in [-0.2, -0.15) is 0 Å². The molecule has 144 valence electrons. The first-order valence-corrected chi connectivity index (χ1v) is 10.6. The van der Waals surface area contributed by atoms with Gasteiger partial charge in [-0.15, -0.1) is 28.1 Å². The van der Waals surface area contributed by atoms with E-state index in [9.17, 15) is 4.79 Å². The smallest absolute Gasteiger partial charge is 0.192 e. The molecule has 0 radical (unpaired) electrons. The van der Waals surface area contributed by atoms with E-state index in [4.69, 9.17) is 9.47 Å². The van der Waals surface area contributed by atoms with Gasteiger partial charge in [-0.25, -0.2) is 0 Å². The maximum absolute atomic E-state index is 12.4. The van der Waals surface area contributed by atoms with E-state index >= 15 is 0 Å². The predicted octanol–water partition coefficient (Wildman–Crippen LogP) is 4.32. The molecule has 0 saturated heterocycles. The average molecular weight is 414 g/mol. The molecule has 0 unspecified atom stereocenters. The molecule has 1 atom stereocenters. The number of hydrogen-bond donors (Lipinski definition) is 0. The van der Waals surface area contributed by atoms with Crippen LogP contribution in [0.5, 0.6) is 11.5 Å². The van der Waals surface area contributed by atoms with Gasteiger partial charge in [0.15, 0.2) is 34.4 Å². The molecule has 0 N–H and O–H groups in total. The fourth-order valence-corrected chi connectivity index (χ4v) is 4.61. The van der Waals surface area contributed by atoms with Gasteiger partial charge in [0, 0.05) is 11.4 Å².